The zero-order valence-electron chi connectivity index (χ0n) is 15.8. The molecule has 0 radical (unpaired) electrons. The van der Waals surface area contributed by atoms with Gasteiger partial charge in [-0.15, -0.1) is 23.1 Å². The van der Waals surface area contributed by atoms with Crippen molar-refractivity contribution < 1.29 is 14.3 Å². The van der Waals surface area contributed by atoms with Crippen LogP contribution in [0.4, 0.5) is 5.00 Å². The van der Waals surface area contributed by atoms with Gasteiger partial charge in [-0.05, 0) is 54.3 Å². The molecule has 0 aliphatic carbocycles. The van der Waals surface area contributed by atoms with E-state index in [2.05, 4.69) is 16.8 Å². The summed E-state index contributed by atoms with van der Waals surface area (Å²) in [6.07, 6.45) is 2.45. The molecule has 0 unspecified atom stereocenters. The predicted octanol–water partition coefficient (Wildman–Crippen LogP) is 3.82. The Morgan fingerprint density at radius 3 is 2.85 bits per heavy atom. The third kappa shape index (κ3) is 5.18. The van der Waals surface area contributed by atoms with Crippen LogP contribution in [0.1, 0.15) is 18.4 Å². The van der Waals surface area contributed by atoms with Crippen molar-refractivity contribution in [3.8, 4) is 11.5 Å². The number of methoxy groups -OCH3 is 2. The van der Waals surface area contributed by atoms with Crippen LogP contribution in [0.3, 0.4) is 0 Å². The molecule has 0 atom stereocenters. The number of nitrogens with one attached hydrogen (secondary N) is 1. The Labute approximate surface area is 169 Å². The number of hydrogen-bond acceptors (Lipinski definition) is 6. The minimum Gasteiger partial charge on any atom is -0.493 e. The average molecular weight is 407 g/mol. The summed E-state index contributed by atoms with van der Waals surface area (Å²) >= 11 is 3.52. The molecule has 0 fully saturated rings. The van der Waals surface area contributed by atoms with Crippen LogP contribution < -0.4 is 19.7 Å². The monoisotopic (exact) mass is 406 g/mol. The SMILES string of the molecule is COc1ccc(CCNCCC(=O)N2CCCSc3ccsc32)cc1OC. The highest BCUT2D eigenvalue weighted by molar-refractivity contribution is 7.99. The molecule has 1 aliphatic heterocycles. The number of benzene rings is 1. The fraction of sp³-hybridized carbons (Fsp3) is 0.450. The van der Waals surface area contributed by atoms with Crippen LogP contribution in [0.15, 0.2) is 34.5 Å². The summed E-state index contributed by atoms with van der Waals surface area (Å²) in [6.45, 7) is 2.34. The summed E-state index contributed by atoms with van der Waals surface area (Å²) in [7, 11) is 3.28. The summed E-state index contributed by atoms with van der Waals surface area (Å²) in [6, 6.07) is 8.09. The molecule has 27 heavy (non-hydrogen) atoms. The van der Waals surface area contributed by atoms with Crippen molar-refractivity contribution in [3.05, 3.63) is 35.2 Å². The number of rotatable bonds is 8. The second-order valence-corrected chi connectivity index (χ2v) is 8.31. The van der Waals surface area contributed by atoms with Crippen LogP contribution in [0.2, 0.25) is 0 Å². The van der Waals surface area contributed by atoms with Crippen molar-refractivity contribution in [2.45, 2.75) is 24.2 Å². The molecule has 0 bridgehead atoms. The maximum atomic E-state index is 12.7. The van der Waals surface area contributed by atoms with Crippen molar-refractivity contribution >= 4 is 34.0 Å². The number of fused-ring (bicyclic) bond motifs is 1. The molecule has 3 rings (SSSR count). The highest BCUT2D eigenvalue weighted by Gasteiger charge is 2.22. The molecule has 0 saturated heterocycles. The molecule has 7 heteroatoms. The van der Waals surface area contributed by atoms with Gasteiger partial charge in [0.25, 0.3) is 0 Å². The summed E-state index contributed by atoms with van der Waals surface area (Å²) in [5.74, 6) is 2.77. The van der Waals surface area contributed by atoms with Crippen LogP contribution >= 0.6 is 23.1 Å². The number of ether oxygens (including phenoxy) is 2. The number of carbonyl (C=O) groups is 1. The smallest absolute Gasteiger partial charge is 0.228 e. The molecule has 0 saturated carbocycles. The number of carbonyl (C=O) groups excluding carboxylic acids is 1. The van der Waals surface area contributed by atoms with Gasteiger partial charge in [-0.2, -0.15) is 0 Å². The van der Waals surface area contributed by atoms with E-state index in [9.17, 15) is 4.79 Å². The molecule has 146 valence electrons. The van der Waals surface area contributed by atoms with E-state index < -0.39 is 0 Å². The fourth-order valence-electron chi connectivity index (χ4n) is 3.06. The zero-order chi connectivity index (χ0) is 19.1. The van der Waals surface area contributed by atoms with Gasteiger partial charge in [0.15, 0.2) is 11.5 Å². The van der Waals surface area contributed by atoms with Gasteiger partial charge in [0, 0.05) is 24.4 Å². The lowest BCUT2D eigenvalue weighted by Crippen LogP contribution is -2.33. The van der Waals surface area contributed by atoms with Crippen LogP contribution in [0.5, 0.6) is 11.5 Å². The summed E-state index contributed by atoms with van der Waals surface area (Å²) in [4.78, 5) is 15.9. The molecule has 1 N–H and O–H groups in total. The first-order valence-electron chi connectivity index (χ1n) is 9.15. The molecule has 1 aromatic heterocycles. The molecular formula is C20H26N2O3S2. The number of thioether (sulfide) groups is 1. The zero-order valence-corrected chi connectivity index (χ0v) is 17.5. The van der Waals surface area contributed by atoms with Crippen LogP contribution in [-0.4, -0.2) is 45.5 Å². The molecule has 2 aromatic rings. The molecule has 1 aliphatic rings. The maximum absolute atomic E-state index is 12.7. The van der Waals surface area contributed by atoms with E-state index in [0.717, 1.165) is 48.2 Å². The summed E-state index contributed by atoms with van der Waals surface area (Å²) in [5, 5.41) is 6.57. The summed E-state index contributed by atoms with van der Waals surface area (Å²) < 4.78 is 10.6. The standard InChI is InChI=1S/C20H26N2O3S2/c1-24-16-5-4-15(14-17(16)25-2)6-9-21-10-7-19(23)22-11-3-12-26-18-8-13-27-20(18)22/h4-5,8,13-14,21H,3,6-7,9-12H2,1-2H3. The molecule has 1 amide bonds. The van der Waals surface area contributed by atoms with E-state index in [-0.39, 0.29) is 5.91 Å². The van der Waals surface area contributed by atoms with Crippen molar-refractivity contribution in [1.82, 2.24) is 5.32 Å². The fourth-order valence-corrected chi connectivity index (χ4v) is 5.20. The number of nitrogens with zero attached hydrogens (tertiary/aromatic N) is 1. The highest BCUT2D eigenvalue weighted by Crippen LogP contribution is 2.38. The second kappa shape index (κ2) is 10.0. The van der Waals surface area contributed by atoms with Gasteiger partial charge in [-0.3, -0.25) is 4.79 Å². The predicted molar refractivity (Wildman–Crippen MR) is 113 cm³/mol. The summed E-state index contributed by atoms with van der Waals surface area (Å²) in [5.41, 5.74) is 1.18. The van der Waals surface area contributed by atoms with Crippen LogP contribution in [0, 0.1) is 0 Å². The van der Waals surface area contributed by atoms with Gasteiger partial charge >= 0.3 is 0 Å². The molecular weight excluding hydrogens is 380 g/mol. The highest BCUT2D eigenvalue weighted by atomic mass is 32.2. The maximum Gasteiger partial charge on any atom is 0.228 e. The van der Waals surface area contributed by atoms with Crippen LogP contribution in [0.25, 0.3) is 0 Å². The Balaban J connectivity index is 1.44. The first kappa shape index (κ1) is 20.0. The van der Waals surface area contributed by atoms with Gasteiger partial charge in [0.05, 0.1) is 14.2 Å². The number of hydrogen-bond donors (Lipinski definition) is 1. The third-order valence-corrected chi connectivity index (χ3v) is 6.69. The van der Waals surface area contributed by atoms with Gasteiger partial charge < -0.3 is 19.7 Å². The Hall–Kier alpha value is -1.70. The first-order valence-corrected chi connectivity index (χ1v) is 11.0. The van der Waals surface area contributed by atoms with Crippen molar-refractivity contribution in [2.75, 3.05) is 44.5 Å². The van der Waals surface area contributed by atoms with E-state index in [1.807, 2.05) is 34.9 Å². The lowest BCUT2D eigenvalue weighted by molar-refractivity contribution is -0.118. The van der Waals surface area contributed by atoms with E-state index in [1.54, 1.807) is 25.6 Å². The average Bonchev–Trinajstić information content (AvgIpc) is 3.06. The Kier molecular flexibility index (Phi) is 7.43. The normalized spacial score (nSPS) is 13.8. The first-order chi connectivity index (χ1) is 13.2. The third-order valence-electron chi connectivity index (χ3n) is 4.49. The minimum atomic E-state index is 0.208. The van der Waals surface area contributed by atoms with Crippen molar-refractivity contribution in [3.63, 3.8) is 0 Å². The number of anilines is 1. The van der Waals surface area contributed by atoms with Crippen molar-refractivity contribution in [2.24, 2.45) is 0 Å². The minimum absolute atomic E-state index is 0.208. The quantitative estimate of drug-likeness (QED) is 0.676. The molecule has 5 nitrogen and oxygen atoms in total. The topological polar surface area (TPSA) is 50.8 Å². The number of thiophene rings is 1. The number of amides is 1. The van der Waals surface area contributed by atoms with Gasteiger partial charge in [-0.1, -0.05) is 6.07 Å². The van der Waals surface area contributed by atoms with E-state index in [0.29, 0.717) is 13.0 Å². The lowest BCUT2D eigenvalue weighted by Gasteiger charge is -2.20. The molecule has 0 spiro atoms. The largest absolute Gasteiger partial charge is 0.493 e. The molecule has 1 aromatic carbocycles. The molecule has 2 heterocycles. The Morgan fingerprint density at radius 2 is 2.04 bits per heavy atom. The van der Waals surface area contributed by atoms with Gasteiger partial charge in [0.1, 0.15) is 5.00 Å². The Morgan fingerprint density at radius 1 is 1.19 bits per heavy atom. The van der Waals surface area contributed by atoms with Crippen molar-refractivity contribution in [1.29, 1.82) is 0 Å². The second-order valence-electron chi connectivity index (χ2n) is 6.28. The lowest BCUT2D eigenvalue weighted by atomic mass is 10.1. The van der Waals surface area contributed by atoms with Gasteiger partial charge in [-0.25, -0.2) is 0 Å². The van der Waals surface area contributed by atoms with E-state index in [4.69, 9.17) is 9.47 Å². The van der Waals surface area contributed by atoms with Gasteiger partial charge in [0.2, 0.25) is 5.91 Å². The Bertz CT molecular complexity index is 763. The van der Waals surface area contributed by atoms with E-state index in [1.165, 1.54) is 10.5 Å². The van der Waals surface area contributed by atoms with E-state index >= 15 is 0 Å². The van der Waals surface area contributed by atoms with Crippen LogP contribution in [-0.2, 0) is 11.2 Å².